The number of hydrogen-bond donors (Lipinski definition) is 1. The first kappa shape index (κ1) is 15.4. The molecule has 6 heteroatoms. The van der Waals surface area contributed by atoms with Gasteiger partial charge in [0, 0.05) is 25.6 Å². The van der Waals surface area contributed by atoms with Gasteiger partial charge in [-0.25, -0.2) is 12.7 Å². The molecule has 1 heterocycles. The van der Waals surface area contributed by atoms with Gasteiger partial charge in [-0.2, -0.15) is 0 Å². The van der Waals surface area contributed by atoms with E-state index < -0.39 is 10.0 Å². The van der Waals surface area contributed by atoms with Crippen LogP contribution in [0.15, 0.2) is 0 Å². The van der Waals surface area contributed by atoms with E-state index in [-0.39, 0.29) is 17.7 Å². The molecule has 0 aliphatic carbocycles. The van der Waals surface area contributed by atoms with Gasteiger partial charge >= 0.3 is 0 Å². The molecule has 1 aliphatic rings. The SMILES string of the molecule is CCS(=O)(=O)N1CCC(NC(=O)CC(C)C)CC1. The number of hydrogen-bond acceptors (Lipinski definition) is 3. The van der Waals surface area contributed by atoms with Crippen molar-refractivity contribution in [2.24, 2.45) is 5.92 Å². The lowest BCUT2D eigenvalue weighted by atomic mass is 10.1. The van der Waals surface area contributed by atoms with Crippen molar-refractivity contribution in [2.45, 2.75) is 46.1 Å². The molecule has 106 valence electrons. The summed E-state index contributed by atoms with van der Waals surface area (Å²) in [7, 11) is -3.07. The van der Waals surface area contributed by atoms with Gasteiger partial charge in [0.15, 0.2) is 0 Å². The van der Waals surface area contributed by atoms with Crippen LogP contribution >= 0.6 is 0 Å². The molecule has 1 amide bonds. The third-order valence-electron chi connectivity index (χ3n) is 3.17. The molecule has 1 saturated heterocycles. The second-order valence-corrected chi connectivity index (χ2v) is 7.50. The van der Waals surface area contributed by atoms with Gasteiger partial charge in [-0.1, -0.05) is 13.8 Å². The summed E-state index contributed by atoms with van der Waals surface area (Å²) < 4.78 is 24.9. The molecule has 1 fully saturated rings. The summed E-state index contributed by atoms with van der Waals surface area (Å²) in [6, 6.07) is 0.125. The van der Waals surface area contributed by atoms with Crippen LogP contribution in [-0.4, -0.2) is 43.5 Å². The van der Waals surface area contributed by atoms with E-state index in [1.54, 1.807) is 6.92 Å². The third kappa shape index (κ3) is 4.57. The van der Waals surface area contributed by atoms with Crippen LogP contribution in [0.4, 0.5) is 0 Å². The van der Waals surface area contributed by atoms with E-state index in [4.69, 9.17) is 0 Å². The Morgan fingerprint density at radius 2 is 1.89 bits per heavy atom. The van der Waals surface area contributed by atoms with Gasteiger partial charge in [-0.3, -0.25) is 4.79 Å². The Balaban J connectivity index is 2.38. The van der Waals surface area contributed by atoms with Crippen molar-refractivity contribution in [1.29, 1.82) is 0 Å². The summed E-state index contributed by atoms with van der Waals surface area (Å²) in [5, 5.41) is 2.98. The molecule has 0 aromatic carbocycles. The van der Waals surface area contributed by atoms with Crippen LogP contribution in [0.25, 0.3) is 0 Å². The molecule has 1 rings (SSSR count). The molecule has 0 aromatic heterocycles. The molecule has 5 nitrogen and oxygen atoms in total. The zero-order chi connectivity index (χ0) is 13.8. The quantitative estimate of drug-likeness (QED) is 0.813. The first-order chi connectivity index (χ1) is 8.35. The lowest BCUT2D eigenvalue weighted by Crippen LogP contribution is -2.47. The van der Waals surface area contributed by atoms with Crippen molar-refractivity contribution >= 4 is 15.9 Å². The molecule has 0 radical (unpaired) electrons. The van der Waals surface area contributed by atoms with E-state index >= 15 is 0 Å². The van der Waals surface area contributed by atoms with Crippen LogP contribution in [0, 0.1) is 5.92 Å². The average Bonchev–Trinajstić information content (AvgIpc) is 2.28. The van der Waals surface area contributed by atoms with Crippen molar-refractivity contribution in [2.75, 3.05) is 18.8 Å². The second-order valence-electron chi connectivity index (χ2n) is 5.24. The molecule has 0 bridgehead atoms. The molecule has 1 N–H and O–H groups in total. The summed E-state index contributed by atoms with van der Waals surface area (Å²) in [4.78, 5) is 11.6. The van der Waals surface area contributed by atoms with Crippen LogP contribution in [-0.2, 0) is 14.8 Å². The van der Waals surface area contributed by atoms with Gasteiger partial charge in [-0.15, -0.1) is 0 Å². The fraction of sp³-hybridized carbons (Fsp3) is 0.917. The fourth-order valence-electron chi connectivity index (χ4n) is 2.12. The minimum atomic E-state index is -3.07. The Kier molecular flexibility index (Phi) is 5.59. The Morgan fingerprint density at radius 1 is 1.33 bits per heavy atom. The van der Waals surface area contributed by atoms with Gasteiger partial charge in [0.25, 0.3) is 0 Å². The number of carbonyl (C=O) groups is 1. The highest BCUT2D eigenvalue weighted by molar-refractivity contribution is 7.89. The normalized spacial score (nSPS) is 19.1. The zero-order valence-electron chi connectivity index (χ0n) is 11.5. The molecular formula is C12H24N2O3S. The molecule has 1 aliphatic heterocycles. The van der Waals surface area contributed by atoms with Gasteiger partial charge in [-0.05, 0) is 25.7 Å². The van der Waals surface area contributed by atoms with Crippen LogP contribution < -0.4 is 5.32 Å². The van der Waals surface area contributed by atoms with Crippen molar-refractivity contribution in [3.8, 4) is 0 Å². The number of carbonyl (C=O) groups excluding carboxylic acids is 1. The minimum Gasteiger partial charge on any atom is -0.353 e. The highest BCUT2D eigenvalue weighted by Crippen LogP contribution is 2.14. The maximum absolute atomic E-state index is 11.7. The Hall–Kier alpha value is -0.620. The molecule has 0 aromatic rings. The molecular weight excluding hydrogens is 252 g/mol. The van der Waals surface area contributed by atoms with Crippen LogP contribution in [0.3, 0.4) is 0 Å². The molecule has 0 spiro atoms. The highest BCUT2D eigenvalue weighted by Gasteiger charge is 2.27. The van der Waals surface area contributed by atoms with E-state index in [1.807, 2.05) is 13.8 Å². The summed E-state index contributed by atoms with van der Waals surface area (Å²) in [5.41, 5.74) is 0. The van der Waals surface area contributed by atoms with Crippen molar-refractivity contribution in [3.05, 3.63) is 0 Å². The number of piperidine rings is 1. The lowest BCUT2D eigenvalue weighted by Gasteiger charge is -2.31. The highest BCUT2D eigenvalue weighted by atomic mass is 32.2. The summed E-state index contributed by atoms with van der Waals surface area (Å²) in [5.74, 6) is 0.574. The Bertz CT molecular complexity index is 371. The number of nitrogens with one attached hydrogen (secondary N) is 1. The summed E-state index contributed by atoms with van der Waals surface area (Å²) in [6.07, 6.45) is 1.96. The maximum atomic E-state index is 11.7. The first-order valence-corrected chi connectivity index (χ1v) is 8.23. The second kappa shape index (κ2) is 6.52. The monoisotopic (exact) mass is 276 g/mol. The molecule has 0 unspecified atom stereocenters. The number of rotatable bonds is 5. The topological polar surface area (TPSA) is 66.5 Å². The van der Waals surface area contributed by atoms with Gasteiger partial charge in [0.1, 0.15) is 0 Å². The van der Waals surface area contributed by atoms with E-state index in [9.17, 15) is 13.2 Å². The van der Waals surface area contributed by atoms with E-state index in [0.29, 0.717) is 38.3 Å². The molecule has 18 heavy (non-hydrogen) atoms. The number of amides is 1. The summed E-state index contributed by atoms with van der Waals surface area (Å²) >= 11 is 0. The number of sulfonamides is 1. The van der Waals surface area contributed by atoms with E-state index in [0.717, 1.165) is 0 Å². The van der Waals surface area contributed by atoms with E-state index in [1.165, 1.54) is 4.31 Å². The standard InChI is InChI=1S/C12H24N2O3S/c1-4-18(16,17)14-7-5-11(6-8-14)13-12(15)9-10(2)3/h10-11H,4-9H2,1-3H3,(H,13,15). The summed E-state index contributed by atoms with van der Waals surface area (Å²) in [6.45, 7) is 6.71. The predicted octanol–water partition coefficient (Wildman–Crippen LogP) is 0.963. The Labute approximate surface area is 110 Å². The first-order valence-electron chi connectivity index (χ1n) is 6.62. The van der Waals surface area contributed by atoms with Gasteiger partial charge < -0.3 is 5.32 Å². The van der Waals surface area contributed by atoms with Crippen LogP contribution in [0.2, 0.25) is 0 Å². The van der Waals surface area contributed by atoms with Crippen molar-refractivity contribution in [1.82, 2.24) is 9.62 Å². The Morgan fingerprint density at radius 3 is 2.33 bits per heavy atom. The lowest BCUT2D eigenvalue weighted by molar-refractivity contribution is -0.122. The zero-order valence-corrected chi connectivity index (χ0v) is 12.3. The minimum absolute atomic E-state index is 0.0711. The smallest absolute Gasteiger partial charge is 0.220 e. The van der Waals surface area contributed by atoms with Crippen LogP contribution in [0.5, 0.6) is 0 Å². The maximum Gasteiger partial charge on any atom is 0.220 e. The average molecular weight is 276 g/mol. The van der Waals surface area contributed by atoms with Crippen molar-refractivity contribution < 1.29 is 13.2 Å². The number of nitrogens with zero attached hydrogens (tertiary/aromatic N) is 1. The van der Waals surface area contributed by atoms with Crippen molar-refractivity contribution in [3.63, 3.8) is 0 Å². The molecule has 0 saturated carbocycles. The third-order valence-corrected chi connectivity index (χ3v) is 5.05. The van der Waals surface area contributed by atoms with Gasteiger partial charge in [0.2, 0.25) is 15.9 Å². The van der Waals surface area contributed by atoms with Crippen LogP contribution in [0.1, 0.15) is 40.0 Å². The predicted molar refractivity (Wildman–Crippen MR) is 71.7 cm³/mol. The molecule has 0 atom stereocenters. The largest absolute Gasteiger partial charge is 0.353 e. The van der Waals surface area contributed by atoms with Gasteiger partial charge in [0.05, 0.1) is 5.75 Å². The van der Waals surface area contributed by atoms with E-state index in [2.05, 4.69) is 5.32 Å². The fourth-order valence-corrected chi connectivity index (χ4v) is 3.25.